The maximum Gasteiger partial charge on any atom is 0.243 e. The van der Waals surface area contributed by atoms with Crippen LogP contribution in [0.25, 0.3) is 0 Å². The van der Waals surface area contributed by atoms with Crippen LogP contribution in [-0.4, -0.2) is 37.1 Å². The number of nitrogens with one attached hydrogen (secondary N) is 3. The van der Waals surface area contributed by atoms with Crippen molar-refractivity contribution in [3.63, 3.8) is 0 Å². The molecule has 1 amide bonds. The Morgan fingerprint density at radius 3 is 2.71 bits per heavy atom. The topological polar surface area (TPSA) is 53.2 Å². The first-order valence-electron chi connectivity index (χ1n) is 5.03. The zero-order valence-corrected chi connectivity index (χ0v) is 8.84. The summed E-state index contributed by atoms with van der Waals surface area (Å²) in [5.41, 5.74) is 0. The molecule has 4 heteroatoms. The Hall–Kier alpha value is -0.870. The van der Waals surface area contributed by atoms with E-state index >= 15 is 0 Å². The predicted molar refractivity (Wildman–Crippen MR) is 57.1 cm³/mol. The normalized spacial score (nSPS) is 26.5. The maximum atomic E-state index is 11.1. The van der Waals surface area contributed by atoms with Crippen molar-refractivity contribution in [2.24, 2.45) is 0 Å². The Bertz CT molecular complexity index is 215. The van der Waals surface area contributed by atoms with Gasteiger partial charge in [0.15, 0.2) is 0 Å². The molecule has 14 heavy (non-hydrogen) atoms. The second-order valence-electron chi connectivity index (χ2n) is 3.91. The fourth-order valence-corrected chi connectivity index (χ4v) is 1.68. The maximum absolute atomic E-state index is 11.1. The average molecular weight is 197 g/mol. The highest BCUT2D eigenvalue weighted by Crippen LogP contribution is 2.01. The molecule has 0 saturated carbocycles. The number of hydrogen-bond acceptors (Lipinski definition) is 3. The summed E-state index contributed by atoms with van der Waals surface area (Å²) in [6.45, 7) is 9.37. The lowest BCUT2D eigenvalue weighted by Crippen LogP contribution is -2.50. The van der Waals surface area contributed by atoms with Gasteiger partial charge in [-0.1, -0.05) is 20.4 Å². The summed E-state index contributed by atoms with van der Waals surface area (Å²) in [7, 11) is 0. The smallest absolute Gasteiger partial charge is 0.243 e. The molecule has 0 radical (unpaired) electrons. The molecular formula is C10H19N3O. The Morgan fingerprint density at radius 1 is 1.50 bits per heavy atom. The summed E-state index contributed by atoms with van der Waals surface area (Å²) in [5.74, 6) is -0.103. The standard InChI is InChI=1S/C10H19N3O/c1-4-10(14)13-9-6-11-5-8(9)12-7(2)3/h4,7-9,11-12H,1,5-6H2,2-3H3,(H,13,14)/t8-,9-/m1/s1. The molecule has 0 aromatic carbocycles. The highest BCUT2D eigenvalue weighted by molar-refractivity contribution is 5.87. The molecule has 0 spiro atoms. The van der Waals surface area contributed by atoms with Crippen LogP contribution in [0.3, 0.4) is 0 Å². The summed E-state index contributed by atoms with van der Waals surface area (Å²) >= 11 is 0. The number of rotatable bonds is 4. The van der Waals surface area contributed by atoms with Crippen molar-refractivity contribution in [1.29, 1.82) is 0 Å². The third-order valence-electron chi connectivity index (χ3n) is 2.27. The molecule has 1 fully saturated rings. The molecule has 0 aromatic heterocycles. The molecule has 1 aliphatic heterocycles. The van der Waals surface area contributed by atoms with Crippen molar-refractivity contribution < 1.29 is 4.79 Å². The van der Waals surface area contributed by atoms with Gasteiger partial charge in [-0.2, -0.15) is 0 Å². The van der Waals surface area contributed by atoms with Gasteiger partial charge < -0.3 is 16.0 Å². The van der Waals surface area contributed by atoms with Crippen LogP contribution < -0.4 is 16.0 Å². The first kappa shape index (κ1) is 11.2. The molecule has 1 saturated heterocycles. The van der Waals surface area contributed by atoms with E-state index in [9.17, 15) is 4.79 Å². The monoisotopic (exact) mass is 197 g/mol. The number of amides is 1. The summed E-state index contributed by atoms with van der Waals surface area (Å²) in [4.78, 5) is 11.1. The van der Waals surface area contributed by atoms with E-state index in [4.69, 9.17) is 0 Å². The molecule has 1 aliphatic rings. The van der Waals surface area contributed by atoms with Crippen molar-refractivity contribution in [3.05, 3.63) is 12.7 Å². The van der Waals surface area contributed by atoms with E-state index < -0.39 is 0 Å². The number of carbonyl (C=O) groups excluding carboxylic acids is 1. The van der Waals surface area contributed by atoms with E-state index in [-0.39, 0.29) is 11.9 Å². The molecule has 2 atom stereocenters. The average Bonchev–Trinajstić information content (AvgIpc) is 2.52. The summed E-state index contributed by atoms with van der Waals surface area (Å²) in [6.07, 6.45) is 1.31. The molecule has 4 nitrogen and oxygen atoms in total. The number of hydrogen-bond donors (Lipinski definition) is 3. The largest absolute Gasteiger partial charge is 0.347 e. The lowest BCUT2D eigenvalue weighted by atomic mass is 10.1. The zero-order valence-electron chi connectivity index (χ0n) is 8.84. The highest BCUT2D eigenvalue weighted by atomic mass is 16.1. The van der Waals surface area contributed by atoms with Gasteiger partial charge in [-0.15, -0.1) is 0 Å². The first-order chi connectivity index (χ1) is 6.63. The van der Waals surface area contributed by atoms with E-state index in [1.807, 2.05) is 0 Å². The van der Waals surface area contributed by atoms with Crippen LogP contribution in [0.15, 0.2) is 12.7 Å². The minimum atomic E-state index is -0.103. The Balaban J connectivity index is 2.42. The quantitative estimate of drug-likeness (QED) is 0.539. The minimum Gasteiger partial charge on any atom is -0.347 e. The molecular weight excluding hydrogens is 178 g/mol. The Labute approximate surface area is 85.1 Å². The van der Waals surface area contributed by atoms with E-state index in [1.165, 1.54) is 6.08 Å². The van der Waals surface area contributed by atoms with Crippen LogP contribution >= 0.6 is 0 Å². The van der Waals surface area contributed by atoms with E-state index in [0.29, 0.717) is 12.1 Å². The molecule has 1 heterocycles. The van der Waals surface area contributed by atoms with Crippen LogP contribution in [0.5, 0.6) is 0 Å². The fraction of sp³-hybridized carbons (Fsp3) is 0.700. The van der Waals surface area contributed by atoms with Crippen molar-refractivity contribution in [3.8, 4) is 0 Å². The molecule has 1 rings (SSSR count). The summed E-state index contributed by atoms with van der Waals surface area (Å²) in [6, 6.07) is 0.921. The van der Waals surface area contributed by atoms with Crippen molar-refractivity contribution in [2.75, 3.05) is 13.1 Å². The molecule has 3 N–H and O–H groups in total. The van der Waals surface area contributed by atoms with Crippen molar-refractivity contribution in [2.45, 2.75) is 32.0 Å². The van der Waals surface area contributed by atoms with E-state index in [0.717, 1.165) is 13.1 Å². The zero-order chi connectivity index (χ0) is 10.6. The third kappa shape index (κ3) is 3.12. The SMILES string of the molecule is C=CC(=O)N[C@@H]1CNC[C@H]1NC(C)C. The second kappa shape index (κ2) is 5.12. The lowest BCUT2D eigenvalue weighted by Gasteiger charge is -2.22. The molecule has 0 aliphatic carbocycles. The van der Waals surface area contributed by atoms with Gasteiger partial charge in [0.05, 0.1) is 6.04 Å². The molecule has 80 valence electrons. The van der Waals surface area contributed by atoms with Gasteiger partial charge in [-0.05, 0) is 6.08 Å². The fourth-order valence-electron chi connectivity index (χ4n) is 1.68. The first-order valence-corrected chi connectivity index (χ1v) is 5.03. The van der Waals surface area contributed by atoms with Crippen molar-refractivity contribution in [1.82, 2.24) is 16.0 Å². The van der Waals surface area contributed by atoms with Gasteiger partial charge in [-0.25, -0.2) is 0 Å². The van der Waals surface area contributed by atoms with Crippen molar-refractivity contribution >= 4 is 5.91 Å². The summed E-state index contributed by atoms with van der Waals surface area (Å²) in [5, 5.41) is 9.56. The predicted octanol–water partition coefficient (Wildman–Crippen LogP) is -0.373. The lowest BCUT2D eigenvalue weighted by molar-refractivity contribution is -0.117. The molecule has 0 unspecified atom stereocenters. The molecule has 0 bridgehead atoms. The van der Waals surface area contributed by atoms with Gasteiger partial charge in [0.2, 0.25) is 5.91 Å². The van der Waals surface area contributed by atoms with Crippen LogP contribution in [0.2, 0.25) is 0 Å². The van der Waals surface area contributed by atoms with E-state index in [1.54, 1.807) is 0 Å². The highest BCUT2D eigenvalue weighted by Gasteiger charge is 2.27. The van der Waals surface area contributed by atoms with Gasteiger partial charge in [-0.3, -0.25) is 4.79 Å². The summed E-state index contributed by atoms with van der Waals surface area (Å²) < 4.78 is 0. The van der Waals surface area contributed by atoms with Gasteiger partial charge in [0.1, 0.15) is 0 Å². The Kier molecular flexibility index (Phi) is 4.10. The van der Waals surface area contributed by atoms with Crippen LogP contribution in [0.1, 0.15) is 13.8 Å². The third-order valence-corrected chi connectivity index (χ3v) is 2.27. The van der Waals surface area contributed by atoms with Crippen LogP contribution in [-0.2, 0) is 4.79 Å². The van der Waals surface area contributed by atoms with Crippen LogP contribution in [0, 0.1) is 0 Å². The van der Waals surface area contributed by atoms with E-state index in [2.05, 4.69) is 36.4 Å². The van der Waals surface area contributed by atoms with Gasteiger partial charge in [0, 0.05) is 25.2 Å². The number of carbonyl (C=O) groups is 1. The van der Waals surface area contributed by atoms with Gasteiger partial charge in [0.25, 0.3) is 0 Å². The van der Waals surface area contributed by atoms with Gasteiger partial charge >= 0.3 is 0 Å². The Morgan fingerprint density at radius 2 is 2.14 bits per heavy atom. The molecule has 0 aromatic rings. The van der Waals surface area contributed by atoms with Crippen LogP contribution in [0.4, 0.5) is 0 Å². The second-order valence-corrected chi connectivity index (χ2v) is 3.91. The minimum absolute atomic E-state index is 0.103.